The van der Waals surface area contributed by atoms with E-state index >= 15 is 0 Å². The van der Waals surface area contributed by atoms with Crippen LogP contribution in [0.3, 0.4) is 0 Å². The van der Waals surface area contributed by atoms with Crippen LogP contribution in [0.4, 0.5) is 0 Å². The predicted molar refractivity (Wildman–Crippen MR) is 146 cm³/mol. The molecule has 0 saturated heterocycles. The van der Waals surface area contributed by atoms with Gasteiger partial charge in [-0.25, -0.2) is 5.48 Å². The number of nitrogens with one attached hydrogen (secondary N) is 4. The van der Waals surface area contributed by atoms with Gasteiger partial charge < -0.3 is 10.3 Å². The van der Waals surface area contributed by atoms with Crippen molar-refractivity contribution in [2.75, 3.05) is 13.6 Å². The molecule has 0 bridgehead atoms. The number of benzene rings is 2. The molecule has 4 aromatic rings. The van der Waals surface area contributed by atoms with Gasteiger partial charge in [-0.2, -0.15) is 5.10 Å². The zero-order valence-electron chi connectivity index (χ0n) is 21.5. The highest BCUT2D eigenvalue weighted by Gasteiger charge is 2.29. The summed E-state index contributed by atoms with van der Waals surface area (Å²) in [5.74, 6) is -0.742. The van der Waals surface area contributed by atoms with Crippen molar-refractivity contribution in [2.24, 2.45) is 0 Å². The Morgan fingerprint density at radius 2 is 2.08 bits per heavy atom. The zero-order chi connectivity index (χ0) is 26.6. The summed E-state index contributed by atoms with van der Waals surface area (Å²) in [5, 5.41) is 19.7. The van der Waals surface area contributed by atoms with Gasteiger partial charge in [0.1, 0.15) is 5.69 Å². The number of carbonyl (C=O) groups is 2. The van der Waals surface area contributed by atoms with E-state index in [4.69, 9.17) is 5.21 Å². The van der Waals surface area contributed by atoms with Crippen LogP contribution in [0.2, 0.25) is 0 Å². The monoisotopic (exact) mass is 512 g/mol. The van der Waals surface area contributed by atoms with Crippen molar-refractivity contribution in [3.8, 4) is 0 Å². The van der Waals surface area contributed by atoms with E-state index in [1.807, 2.05) is 6.07 Å². The van der Waals surface area contributed by atoms with Gasteiger partial charge in [0, 0.05) is 54.9 Å². The maximum absolute atomic E-state index is 12.4. The number of amides is 2. The van der Waals surface area contributed by atoms with Crippen LogP contribution in [0, 0.1) is 6.92 Å². The Kier molecular flexibility index (Phi) is 7.39. The molecule has 0 radical (unpaired) electrons. The van der Waals surface area contributed by atoms with E-state index in [2.05, 4.69) is 68.9 Å². The Morgan fingerprint density at radius 1 is 1.21 bits per heavy atom. The summed E-state index contributed by atoms with van der Waals surface area (Å²) in [6.07, 6.45) is 9.57. The summed E-state index contributed by atoms with van der Waals surface area (Å²) in [7, 11) is 1.62. The second kappa shape index (κ2) is 11.0. The average Bonchev–Trinajstić information content (AvgIpc) is 3.67. The summed E-state index contributed by atoms with van der Waals surface area (Å²) in [5.41, 5.74) is 10.0. The van der Waals surface area contributed by atoms with Crippen LogP contribution in [0.1, 0.15) is 56.3 Å². The Bertz CT molecular complexity index is 1500. The van der Waals surface area contributed by atoms with Crippen molar-refractivity contribution in [1.29, 1.82) is 0 Å². The van der Waals surface area contributed by atoms with Crippen LogP contribution >= 0.6 is 0 Å². The second-order valence-corrected chi connectivity index (χ2v) is 9.75. The smallest absolute Gasteiger partial charge is 0.269 e. The molecule has 38 heavy (non-hydrogen) atoms. The number of hydroxylamine groups is 1. The number of H-pyrrole nitrogens is 2. The maximum Gasteiger partial charge on any atom is 0.269 e. The van der Waals surface area contributed by atoms with Crippen LogP contribution in [0.5, 0.6) is 0 Å². The molecule has 2 aromatic carbocycles. The minimum Gasteiger partial charge on any atom is -0.361 e. The summed E-state index contributed by atoms with van der Waals surface area (Å²) in [4.78, 5) is 29.7. The minimum atomic E-state index is -0.561. The molecule has 5 N–H and O–H groups in total. The number of aryl methyl sites for hydroxylation is 2. The minimum absolute atomic E-state index is 0.181. The van der Waals surface area contributed by atoms with Gasteiger partial charge in [-0.1, -0.05) is 30.3 Å². The highest BCUT2D eigenvalue weighted by Crippen LogP contribution is 2.38. The van der Waals surface area contributed by atoms with E-state index in [0.717, 1.165) is 42.5 Å². The topological polar surface area (TPSA) is 126 Å². The molecule has 1 atom stereocenters. The van der Waals surface area contributed by atoms with Gasteiger partial charge in [-0.15, -0.1) is 0 Å². The fraction of sp³-hybridized carbons (Fsp3) is 0.276. The third kappa shape index (κ3) is 5.25. The molecule has 1 aliphatic carbocycles. The van der Waals surface area contributed by atoms with Crippen LogP contribution in [0.25, 0.3) is 17.0 Å². The van der Waals surface area contributed by atoms with Gasteiger partial charge in [-0.05, 0) is 66.1 Å². The lowest BCUT2D eigenvalue weighted by Gasteiger charge is -2.30. The predicted octanol–water partition coefficient (Wildman–Crippen LogP) is 3.81. The molecular formula is C29H32N6O3. The molecule has 2 aromatic heterocycles. The molecule has 0 aliphatic heterocycles. The maximum atomic E-state index is 12.4. The normalized spacial score (nSPS) is 14.9. The third-order valence-electron chi connectivity index (χ3n) is 7.33. The van der Waals surface area contributed by atoms with Crippen molar-refractivity contribution < 1.29 is 14.8 Å². The molecule has 0 fully saturated rings. The molecule has 2 heterocycles. The van der Waals surface area contributed by atoms with Crippen molar-refractivity contribution in [3.05, 3.63) is 93.9 Å². The first-order chi connectivity index (χ1) is 18.5. The fourth-order valence-electron chi connectivity index (χ4n) is 5.39. The molecule has 1 aliphatic rings. The first-order valence-corrected chi connectivity index (χ1v) is 12.8. The van der Waals surface area contributed by atoms with Crippen molar-refractivity contribution in [3.63, 3.8) is 0 Å². The van der Waals surface area contributed by atoms with Crippen LogP contribution < -0.4 is 10.8 Å². The van der Waals surface area contributed by atoms with E-state index in [9.17, 15) is 9.59 Å². The molecule has 0 spiro atoms. The molecular weight excluding hydrogens is 480 g/mol. The van der Waals surface area contributed by atoms with Crippen LogP contribution in [-0.2, 0) is 24.2 Å². The van der Waals surface area contributed by atoms with Gasteiger partial charge in [0.2, 0.25) is 0 Å². The highest BCUT2D eigenvalue weighted by molar-refractivity contribution is 5.93. The van der Waals surface area contributed by atoms with E-state index in [1.165, 1.54) is 33.7 Å². The van der Waals surface area contributed by atoms with Crippen LogP contribution in [-0.4, -0.2) is 50.7 Å². The van der Waals surface area contributed by atoms with E-state index in [0.29, 0.717) is 12.2 Å². The van der Waals surface area contributed by atoms with Crippen LogP contribution in [0.15, 0.2) is 54.9 Å². The summed E-state index contributed by atoms with van der Waals surface area (Å²) < 4.78 is 0. The van der Waals surface area contributed by atoms with Crippen molar-refractivity contribution >= 4 is 28.8 Å². The number of hydrogen-bond acceptors (Lipinski definition) is 5. The van der Waals surface area contributed by atoms with Gasteiger partial charge in [-0.3, -0.25) is 24.8 Å². The molecule has 9 heteroatoms. The Labute approximate surface area is 220 Å². The van der Waals surface area contributed by atoms with Gasteiger partial charge in [0.25, 0.3) is 11.8 Å². The average molecular weight is 513 g/mol. The van der Waals surface area contributed by atoms with E-state index in [-0.39, 0.29) is 11.9 Å². The first kappa shape index (κ1) is 25.4. The first-order valence-electron chi connectivity index (χ1n) is 12.8. The lowest BCUT2D eigenvalue weighted by molar-refractivity contribution is -0.124. The van der Waals surface area contributed by atoms with Gasteiger partial charge >= 0.3 is 0 Å². The molecule has 1 unspecified atom stereocenters. The zero-order valence-corrected chi connectivity index (χ0v) is 21.5. The number of rotatable bonds is 9. The Hall–Kier alpha value is -4.21. The molecule has 9 nitrogen and oxygen atoms in total. The highest BCUT2D eigenvalue weighted by atomic mass is 16.5. The Morgan fingerprint density at radius 3 is 2.89 bits per heavy atom. The fourth-order valence-corrected chi connectivity index (χ4v) is 5.39. The molecule has 5 rings (SSSR count). The SMILES string of the molecule is CNC(=O)c1[nH]ncc1CN(CCc1c[nH]c2cc(C)ccc12)C1CCc2cc(C=CC(=O)NO)ccc21. The number of aromatic amines is 2. The van der Waals surface area contributed by atoms with E-state index < -0.39 is 5.91 Å². The summed E-state index contributed by atoms with van der Waals surface area (Å²) >= 11 is 0. The van der Waals surface area contributed by atoms with Crippen molar-refractivity contribution in [1.82, 2.24) is 30.9 Å². The second-order valence-electron chi connectivity index (χ2n) is 9.75. The lowest BCUT2D eigenvalue weighted by Crippen LogP contribution is -2.30. The molecule has 196 valence electrons. The standard InChI is InChI=1S/C29H32N6O3/c1-18-3-7-23-21(15-31-25(23)13-18)11-12-35(17-22-16-32-33-28(22)29(37)30-2)26-9-6-20-14-19(4-8-24(20)26)5-10-27(36)34-38/h3-5,7-8,10,13-16,26,31,38H,6,9,11-12,17H2,1-2H3,(H,30,37)(H,32,33)(H,34,36). The number of hydrogen-bond donors (Lipinski definition) is 5. The summed E-state index contributed by atoms with van der Waals surface area (Å²) in [6, 6.07) is 12.9. The number of nitrogens with zero attached hydrogens (tertiary/aromatic N) is 2. The lowest BCUT2D eigenvalue weighted by atomic mass is 10.0. The van der Waals surface area contributed by atoms with Crippen molar-refractivity contribution in [2.45, 2.75) is 38.8 Å². The van der Waals surface area contributed by atoms with Gasteiger partial charge in [0.05, 0.1) is 6.20 Å². The van der Waals surface area contributed by atoms with Gasteiger partial charge in [0.15, 0.2) is 0 Å². The third-order valence-corrected chi connectivity index (χ3v) is 7.33. The summed E-state index contributed by atoms with van der Waals surface area (Å²) in [6.45, 7) is 3.49. The quantitative estimate of drug-likeness (QED) is 0.132. The molecule has 2 amide bonds. The largest absolute Gasteiger partial charge is 0.361 e. The number of aromatic nitrogens is 3. The Balaban J connectivity index is 1.42. The molecule has 0 saturated carbocycles. The van der Waals surface area contributed by atoms with E-state index in [1.54, 1.807) is 24.8 Å². The number of fused-ring (bicyclic) bond motifs is 2. The number of carbonyl (C=O) groups excluding carboxylic acids is 2.